The van der Waals surface area contributed by atoms with Crippen molar-refractivity contribution in [3.63, 3.8) is 0 Å². The quantitative estimate of drug-likeness (QED) is 0.850. The van der Waals surface area contributed by atoms with Crippen LogP contribution in [0.1, 0.15) is 9.67 Å². The molecule has 1 aromatic heterocycles. The number of amides is 1. The highest BCUT2D eigenvalue weighted by Gasteiger charge is 2.19. The third kappa shape index (κ3) is 3.77. The number of ether oxygens (including phenoxy) is 1. The maximum absolute atomic E-state index is 11.9. The summed E-state index contributed by atoms with van der Waals surface area (Å²) < 4.78 is 7.43. The number of likely N-dealkylation sites (N-methyl/N-ethyl adjacent to an activating group) is 1. The van der Waals surface area contributed by atoms with E-state index in [2.05, 4.69) is 49.1 Å². The summed E-state index contributed by atoms with van der Waals surface area (Å²) in [4.78, 5) is 14.8. The Bertz CT molecular complexity index is 419. The largest absolute Gasteiger partial charge is 0.374 e. The van der Waals surface area contributed by atoms with E-state index in [1.54, 1.807) is 0 Å². The lowest BCUT2D eigenvalue weighted by molar-refractivity contribution is -0.0174. The molecular formula is C11H14Br2N2O2S. The molecule has 0 aromatic carbocycles. The molecule has 0 bridgehead atoms. The van der Waals surface area contributed by atoms with Crippen molar-refractivity contribution in [3.05, 3.63) is 19.2 Å². The van der Waals surface area contributed by atoms with E-state index < -0.39 is 0 Å². The van der Waals surface area contributed by atoms with Crippen molar-refractivity contribution in [1.82, 2.24) is 10.2 Å². The number of rotatable bonds is 3. The molecule has 2 rings (SSSR count). The summed E-state index contributed by atoms with van der Waals surface area (Å²) in [7, 11) is 2.06. The lowest BCUT2D eigenvalue weighted by Gasteiger charge is -2.30. The highest BCUT2D eigenvalue weighted by Crippen LogP contribution is 2.32. The second kappa shape index (κ2) is 6.47. The first-order chi connectivity index (χ1) is 8.56. The van der Waals surface area contributed by atoms with E-state index in [4.69, 9.17) is 4.74 Å². The van der Waals surface area contributed by atoms with Crippen molar-refractivity contribution in [3.8, 4) is 0 Å². The van der Waals surface area contributed by atoms with Crippen molar-refractivity contribution in [2.45, 2.75) is 6.10 Å². The van der Waals surface area contributed by atoms with Gasteiger partial charge in [0.1, 0.15) is 0 Å². The Morgan fingerprint density at radius 3 is 3.06 bits per heavy atom. The molecule has 4 nitrogen and oxygen atoms in total. The van der Waals surface area contributed by atoms with Gasteiger partial charge in [0.25, 0.3) is 5.91 Å². The summed E-state index contributed by atoms with van der Waals surface area (Å²) >= 11 is 8.17. The van der Waals surface area contributed by atoms with E-state index in [0.29, 0.717) is 11.4 Å². The molecule has 1 aliphatic rings. The van der Waals surface area contributed by atoms with Crippen molar-refractivity contribution < 1.29 is 9.53 Å². The molecule has 1 fully saturated rings. The van der Waals surface area contributed by atoms with E-state index in [0.717, 1.165) is 28.0 Å². The van der Waals surface area contributed by atoms with Crippen LogP contribution in [-0.4, -0.2) is 50.2 Å². The molecule has 1 aliphatic heterocycles. The number of carbonyl (C=O) groups is 1. The number of morpholine rings is 1. The van der Waals surface area contributed by atoms with Crippen molar-refractivity contribution in [1.29, 1.82) is 0 Å². The van der Waals surface area contributed by atoms with Gasteiger partial charge in [0.15, 0.2) is 0 Å². The lowest BCUT2D eigenvalue weighted by atomic mass is 10.3. The molecule has 0 saturated carbocycles. The van der Waals surface area contributed by atoms with Gasteiger partial charge in [-0.2, -0.15) is 0 Å². The van der Waals surface area contributed by atoms with Crippen molar-refractivity contribution in [2.24, 2.45) is 0 Å². The van der Waals surface area contributed by atoms with Crippen LogP contribution in [-0.2, 0) is 4.74 Å². The number of halogens is 2. The van der Waals surface area contributed by atoms with Gasteiger partial charge in [-0.3, -0.25) is 4.79 Å². The average molecular weight is 398 g/mol. The SMILES string of the molecule is CN1CCOC(CNC(=O)c2cc(Br)c(Br)s2)C1. The fraction of sp³-hybridized carbons (Fsp3) is 0.545. The molecule has 18 heavy (non-hydrogen) atoms. The normalized spacial score (nSPS) is 20.9. The van der Waals surface area contributed by atoms with E-state index in [1.807, 2.05) is 6.07 Å². The van der Waals surface area contributed by atoms with Gasteiger partial charge in [-0.1, -0.05) is 0 Å². The van der Waals surface area contributed by atoms with Gasteiger partial charge >= 0.3 is 0 Å². The molecular weight excluding hydrogens is 384 g/mol. The topological polar surface area (TPSA) is 41.6 Å². The number of carbonyl (C=O) groups excluding carboxylic acids is 1. The Labute approximate surface area is 127 Å². The summed E-state index contributed by atoms with van der Waals surface area (Å²) in [6.07, 6.45) is 0.0829. The number of nitrogens with zero attached hydrogens (tertiary/aromatic N) is 1. The first kappa shape index (κ1) is 14.5. The predicted octanol–water partition coefficient (Wildman–Crippen LogP) is 2.33. The second-order valence-electron chi connectivity index (χ2n) is 4.20. The highest BCUT2D eigenvalue weighted by molar-refractivity contribution is 9.13. The molecule has 1 saturated heterocycles. The first-order valence-electron chi connectivity index (χ1n) is 5.59. The van der Waals surface area contributed by atoms with Crippen LogP contribution in [0.3, 0.4) is 0 Å². The van der Waals surface area contributed by atoms with E-state index >= 15 is 0 Å². The van der Waals surface area contributed by atoms with E-state index in [-0.39, 0.29) is 12.0 Å². The number of nitrogens with one attached hydrogen (secondary N) is 1. The number of hydrogen-bond donors (Lipinski definition) is 1. The summed E-state index contributed by atoms with van der Waals surface area (Å²) in [6, 6.07) is 1.82. The average Bonchev–Trinajstić information content (AvgIpc) is 2.67. The van der Waals surface area contributed by atoms with Crippen LogP contribution in [0.15, 0.2) is 14.3 Å². The van der Waals surface area contributed by atoms with Gasteiger partial charge in [-0.25, -0.2) is 0 Å². The number of hydrogen-bond acceptors (Lipinski definition) is 4. The van der Waals surface area contributed by atoms with Gasteiger partial charge in [0.2, 0.25) is 0 Å². The highest BCUT2D eigenvalue weighted by atomic mass is 79.9. The van der Waals surface area contributed by atoms with Crippen LogP contribution >= 0.6 is 43.2 Å². The standard InChI is InChI=1S/C11H14Br2N2O2S/c1-15-2-3-17-7(6-15)5-14-11(16)9-4-8(12)10(13)18-9/h4,7H,2-3,5-6H2,1H3,(H,14,16). The molecule has 0 spiro atoms. The molecule has 1 amide bonds. The fourth-order valence-corrected chi connectivity index (χ4v) is 3.69. The summed E-state index contributed by atoms with van der Waals surface area (Å²) in [6.45, 7) is 3.09. The zero-order valence-electron chi connectivity index (χ0n) is 9.91. The first-order valence-corrected chi connectivity index (χ1v) is 7.99. The minimum absolute atomic E-state index is 0.0526. The number of thiophene rings is 1. The second-order valence-corrected chi connectivity index (χ2v) is 7.42. The molecule has 7 heteroatoms. The third-order valence-electron chi connectivity index (χ3n) is 2.70. The van der Waals surface area contributed by atoms with Crippen LogP contribution in [0.4, 0.5) is 0 Å². The molecule has 1 atom stereocenters. The third-order valence-corrected chi connectivity index (χ3v) is 5.96. The molecule has 2 heterocycles. The Hall–Kier alpha value is 0.0500. The van der Waals surface area contributed by atoms with Crippen molar-refractivity contribution in [2.75, 3.05) is 33.3 Å². The van der Waals surface area contributed by atoms with Crippen LogP contribution in [0.25, 0.3) is 0 Å². The zero-order valence-corrected chi connectivity index (χ0v) is 13.9. The molecule has 1 unspecified atom stereocenters. The molecule has 100 valence electrons. The smallest absolute Gasteiger partial charge is 0.261 e. The van der Waals surface area contributed by atoms with Gasteiger partial charge in [-0.05, 0) is 45.0 Å². The molecule has 1 aromatic rings. The zero-order chi connectivity index (χ0) is 13.1. The van der Waals surface area contributed by atoms with Gasteiger partial charge in [-0.15, -0.1) is 11.3 Å². The van der Waals surface area contributed by atoms with Gasteiger partial charge < -0.3 is 15.0 Å². The molecule has 0 radical (unpaired) electrons. The maximum atomic E-state index is 11.9. The van der Waals surface area contributed by atoms with Crippen LogP contribution in [0, 0.1) is 0 Å². The van der Waals surface area contributed by atoms with Crippen molar-refractivity contribution >= 4 is 49.1 Å². The Kier molecular flexibility index (Phi) is 5.20. The Morgan fingerprint density at radius 1 is 1.67 bits per heavy atom. The van der Waals surface area contributed by atoms with Gasteiger partial charge in [0, 0.05) is 24.1 Å². The van der Waals surface area contributed by atoms with E-state index in [9.17, 15) is 4.79 Å². The Balaban J connectivity index is 1.84. The summed E-state index contributed by atoms with van der Waals surface area (Å²) in [5, 5.41) is 2.91. The minimum Gasteiger partial charge on any atom is -0.374 e. The maximum Gasteiger partial charge on any atom is 0.261 e. The predicted molar refractivity (Wildman–Crippen MR) is 79.3 cm³/mol. The minimum atomic E-state index is -0.0526. The molecule has 1 N–H and O–H groups in total. The molecule has 0 aliphatic carbocycles. The van der Waals surface area contributed by atoms with E-state index in [1.165, 1.54) is 11.3 Å². The lowest BCUT2D eigenvalue weighted by Crippen LogP contribution is -2.45. The van der Waals surface area contributed by atoms with Crippen LogP contribution in [0.5, 0.6) is 0 Å². The monoisotopic (exact) mass is 396 g/mol. The Morgan fingerprint density at radius 2 is 2.44 bits per heavy atom. The fourth-order valence-electron chi connectivity index (χ4n) is 1.74. The van der Waals surface area contributed by atoms with Crippen LogP contribution in [0.2, 0.25) is 0 Å². The summed E-state index contributed by atoms with van der Waals surface area (Å²) in [5.74, 6) is -0.0526. The van der Waals surface area contributed by atoms with Crippen LogP contribution < -0.4 is 5.32 Å². The summed E-state index contributed by atoms with van der Waals surface area (Å²) in [5.41, 5.74) is 0. The van der Waals surface area contributed by atoms with Gasteiger partial charge in [0.05, 0.1) is 21.4 Å².